The molecule has 9 nitrogen and oxygen atoms in total. The van der Waals surface area contributed by atoms with Crippen molar-refractivity contribution in [1.82, 2.24) is 14.5 Å². The van der Waals surface area contributed by atoms with Crippen LogP contribution in [0.5, 0.6) is 0 Å². The van der Waals surface area contributed by atoms with Gasteiger partial charge in [-0.15, -0.1) is 0 Å². The Morgan fingerprint density at radius 2 is 2.03 bits per heavy atom. The summed E-state index contributed by atoms with van der Waals surface area (Å²) in [6.45, 7) is 3.26. The fourth-order valence-corrected chi connectivity index (χ4v) is 3.51. The monoisotopic (exact) mass is 411 g/mol. The van der Waals surface area contributed by atoms with Crippen LogP contribution in [0, 0.1) is 6.92 Å². The highest BCUT2D eigenvalue weighted by Gasteiger charge is 2.40. The van der Waals surface area contributed by atoms with Gasteiger partial charge in [-0.2, -0.15) is 0 Å². The normalized spacial score (nSPS) is 20.9. The van der Waals surface area contributed by atoms with E-state index >= 15 is 0 Å². The van der Waals surface area contributed by atoms with Crippen molar-refractivity contribution in [2.24, 2.45) is 0 Å². The minimum absolute atomic E-state index is 0.00812. The number of aromatic amines is 1. The van der Waals surface area contributed by atoms with Crippen molar-refractivity contribution in [3.05, 3.63) is 64.3 Å². The Kier molecular flexibility index (Phi) is 5.37. The summed E-state index contributed by atoms with van der Waals surface area (Å²) < 4.78 is 18.5. The lowest BCUT2D eigenvalue weighted by molar-refractivity contribution is -0.152. The number of carbonyl (C=O) groups excluding carboxylic acids is 2. The van der Waals surface area contributed by atoms with Crippen molar-refractivity contribution in [1.29, 1.82) is 0 Å². The van der Waals surface area contributed by atoms with Crippen LogP contribution in [0.2, 0.25) is 0 Å². The number of esters is 2. The number of hydrogen-bond acceptors (Lipinski definition) is 7. The molecule has 3 heterocycles. The van der Waals surface area contributed by atoms with Crippen molar-refractivity contribution in [2.45, 2.75) is 38.7 Å². The zero-order valence-electron chi connectivity index (χ0n) is 16.5. The number of ether oxygens (including phenoxy) is 3. The third-order valence-electron chi connectivity index (χ3n) is 4.93. The molecule has 0 aliphatic carbocycles. The lowest BCUT2D eigenvalue weighted by Gasteiger charge is -2.20. The lowest BCUT2D eigenvalue weighted by Crippen LogP contribution is -2.24. The molecule has 2 aromatic heterocycles. The molecule has 156 valence electrons. The van der Waals surface area contributed by atoms with Gasteiger partial charge in [0.25, 0.3) is 5.56 Å². The molecule has 1 aromatic carbocycles. The first-order valence-corrected chi connectivity index (χ1v) is 9.53. The van der Waals surface area contributed by atoms with Crippen molar-refractivity contribution in [2.75, 3.05) is 6.61 Å². The fourth-order valence-electron chi connectivity index (χ4n) is 3.51. The maximum absolute atomic E-state index is 12.3. The largest absolute Gasteiger partial charge is 0.459 e. The number of hydrogen-bond donors (Lipinski definition) is 1. The van der Waals surface area contributed by atoms with Crippen LogP contribution in [-0.4, -0.2) is 45.3 Å². The van der Waals surface area contributed by atoms with Gasteiger partial charge in [-0.1, -0.05) is 17.7 Å². The molecule has 1 saturated heterocycles. The summed E-state index contributed by atoms with van der Waals surface area (Å²) in [5.41, 5.74) is 1.99. The maximum Gasteiger partial charge on any atom is 0.338 e. The second-order valence-electron chi connectivity index (χ2n) is 7.19. The molecule has 1 fully saturated rings. The van der Waals surface area contributed by atoms with Crippen LogP contribution in [0.3, 0.4) is 0 Å². The van der Waals surface area contributed by atoms with Crippen LogP contribution in [0.25, 0.3) is 11.0 Å². The van der Waals surface area contributed by atoms with Gasteiger partial charge in [-0.25, -0.2) is 9.78 Å². The highest BCUT2D eigenvalue weighted by atomic mass is 16.6. The number of benzene rings is 1. The van der Waals surface area contributed by atoms with E-state index in [9.17, 15) is 14.4 Å². The van der Waals surface area contributed by atoms with Gasteiger partial charge >= 0.3 is 11.9 Å². The number of pyridine rings is 1. The molecule has 3 aromatic rings. The minimum atomic E-state index is -0.691. The van der Waals surface area contributed by atoms with Crippen LogP contribution in [0.1, 0.15) is 35.5 Å². The van der Waals surface area contributed by atoms with E-state index in [4.69, 9.17) is 14.2 Å². The molecule has 9 heteroatoms. The summed E-state index contributed by atoms with van der Waals surface area (Å²) in [4.78, 5) is 42.5. The van der Waals surface area contributed by atoms with Crippen molar-refractivity contribution in [3.8, 4) is 0 Å². The first-order valence-electron chi connectivity index (χ1n) is 9.53. The number of fused-ring (bicyclic) bond motifs is 1. The summed E-state index contributed by atoms with van der Waals surface area (Å²) in [6, 6.07) is 8.77. The van der Waals surface area contributed by atoms with E-state index in [1.54, 1.807) is 22.8 Å². The predicted molar refractivity (Wildman–Crippen MR) is 106 cm³/mol. The molecule has 0 radical (unpaired) electrons. The zero-order valence-corrected chi connectivity index (χ0v) is 16.5. The molecule has 0 unspecified atom stereocenters. The highest BCUT2D eigenvalue weighted by molar-refractivity contribution is 5.89. The van der Waals surface area contributed by atoms with Crippen molar-refractivity contribution in [3.63, 3.8) is 0 Å². The molecule has 3 atom stereocenters. The number of nitrogens with one attached hydrogen (secondary N) is 1. The predicted octanol–water partition coefficient (Wildman–Crippen LogP) is 2.11. The first-order chi connectivity index (χ1) is 14.4. The van der Waals surface area contributed by atoms with Crippen LogP contribution >= 0.6 is 0 Å². The van der Waals surface area contributed by atoms with Gasteiger partial charge in [0.2, 0.25) is 0 Å². The standard InChI is InChI=1S/C21H21N3O6/c1-12-3-5-14(6-4-12)21(27)28-10-15-9-17(29-13(2)25)20(30-15)24-11-23-18-16(24)7-8-22-19(18)26/h3-8,11,15,17,20H,9-10H2,1-2H3,(H,22,26)/t15-,17+,20+/m0/s1. The number of rotatable bonds is 5. The molecular weight excluding hydrogens is 390 g/mol. The molecule has 1 N–H and O–H groups in total. The van der Waals surface area contributed by atoms with Gasteiger partial charge in [0.15, 0.2) is 11.7 Å². The molecule has 0 bridgehead atoms. The molecule has 1 aliphatic heterocycles. The van der Waals surface area contributed by atoms with Crippen LogP contribution in [-0.2, 0) is 19.0 Å². The summed E-state index contributed by atoms with van der Waals surface area (Å²) in [5, 5.41) is 0. The lowest BCUT2D eigenvalue weighted by atomic mass is 10.1. The van der Waals surface area contributed by atoms with Gasteiger partial charge in [0, 0.05) is 19.5 Å². The SMILES string of the molecule is CC(=O)O[C@@H]1C[C@@H](COC(=O)c2ccc(C)cc2)O[C@H]1n1cnc2c(=O)[nH]ccc21. The summed E-state index contributed by atoms with van der Waals surface area (Å²) in [6.07, 6.45) is 1.55. The average molecular weight is 411 g/mol. The zero-order chi connectivity index (χ0) is 21.3. The van der Waals surface area contributed by atoms with Gasteiger partial charge < -0.3 is 19.2 Å². The Morgan fingerprint density at radius 1 is 1.27 bits per heavy atom. The van der Waals surface area contributed by atoms with Gasteiger partial charge in [0.1, 0.15) is 12.7 Å². The Bertz CT molecular complexity index is 1130. The van der Waals surface area contributed by atoms with Crippen LogP contribution in [0.15, 0.2) is 47.7 Å². The quantitative estimate of drug-likeness (QED) is 0.640. The summed E-state index contributed by atoms with van der Waals surface area (Å²) in [5.74, 6) is -0.904. The maximum atomic E-state index is 12.3. The van der Waals surface area contributed by atoms with Crippen LogP contribution < -0.4 is 5.56 Å². The van der Waals surface area contributed by atoms with Gasteiger partial charge in [-0.05, 0) is 25.1 Å². The second-order valence-corrected chi connectivity index (χ2v) is 7.19. The van der Waals surface area contributed by atoms with E-state index in [2.05, 4.69) is 9.97 Å². The van der Waals surface area contributed by atoms with E-state index in [0.717, 1.165) is 5.56 Å². The number of aromatic nitrogens is 3. The molecule has 0 saturated carbocycles. The Morgan fingerprint density at radius 3 is 2.77 bits per heavy atom. The van der Waals surface area contributed by atoms with E-state index in [0.29, 0.717) is 17.5 Å². The van der Waals surface area contributed by atoms with E-state index in [-0.39, 0.29) is 17.7 Å². The van der Waals surface area contributed by atoms with Gasteiger partial charge in [-0.3, -0.25) is 14.2 Å². The van der Waals surface area contributed by atoms with Crippen molar-refractivity contribution < 1.29 is 23.8 Å². The Balaban J connectivity index is 1.50. The first kappa shape index (κ1) is 19.8. The Hall–Kier alpha value is -3.46. The van der Waals surface area contributed by atoms with Crippen molar-refractivity contribution >= 4 is 23.0 Å². The summed E-state index contributed by atoms with van der Waals surface area (Å²) >= 11 is 0. The highest BCUT2D eigenvalue weighted by Crippen LogP contribution is 2.33. The van der Waals surface area contributed by atoms with E-state index < -0.39 is 30.4 Å². The fraction of sp³-hybridized carbons (Fsp3) is 0.333. The number of imidazole rings is 1. The third kappa shape index (κ3) is 3.97. The second kappa shape index (κ2) is 8.11. The molecule has 4 rings (SSSR count). The number of H-pyrrole nitrogens is 1. The minimum Gasteiger partial charge on any atom is -0.459 e. The molecule has 0 amide bonds. The number of nitrogens with zero attached hydrogens (tertiary/aromatic N) is 2. The summed E-state index contributed by atoms with van der Waals surface area (Å²) in [7, 11) is 0. The van der Waals surface area contributed by atoms with E-state index in [1.165, 1.54) is 19.4 Å². The Labute approximate surface area is 171 Å². The smallest absolute Gasteiger partial charge is 0.338 e. The number of carbonyl (C=O) groups is 2. The number of aryl methyl sites for hydroxylation is 1. The van der Waals surface area contributed by atoms with Crippen LogP contribution in [0.4, 0.5) is 0 Å². The molecular formula is C21H21N3O6. The topological polar surface area (TPSA) is 113 Å². The molecule has 0 spiro atoms. The average Bonchev–Trinajstić information content (AvgIpc) is 3.31. The third-order valence-corrected chi connectivity index (χ3v) is 4.93. The van der Waals surface area contributed by atoms with E-state index in [1.807, 2.05) is 19.1 Å². The molecule has 30 heavy (non-hydrogen) atoms. The molecule has 1 aliphatic rings. The van der Waals surface area contributed by atoms with Gasteiger partial charge in [0.05, 0.1) is 23.5 Å².